The van der Waals surface area contributed by atoms with Crippen molar-refractivity contribution in [2.45, 2.75) is 37.5 Å². The van der Waals surface area contributed by atoms with Crippen LogP contribution in [0.1, 0.15) is 19.8 Å². The molecular formula is C13H19N3O3S. The molecule has 110 valence electrons. The monoisotopic (exact) mass is 297 g/mol. The summed E-state index contributed by atoms with van der Waals surface area (Å²) >= 11 is 1.10. The lowest BCUT2D eigenvalue weighted by atomic mass is 10.2. The molecule has 20 heavy (non-hydrogen) atoms. The van der Waals surface area contributed by atoms with E-state index in [-0.39, 0.29) is 11.3 Å². The lowest BCUT2D eigenvalue weighted by Gasteiger charge is -2.24. The molecule has 1 unspecified atom stereocenters. The molecule has 1 fully saturated rings. The normalized spacial score (nSPS) is 19.4. The third-order valence-corrected chi connectivity index (χ3v) is 4.46. The third kappa shape index (κ3) is 3.83. The fourth-order valence-corrected chi connectivity index (χ4v) is 3.25. The molecule has 2 heterocycles. The second-order valence-electron chi connectivity index (χ2n) is 4.81. The zero-order chi connectivity index (χ0) is 14.5. The first-order valence-corrected chi connectivity index (χ1v) is 7.75. The standard InChI is InChI=1S/C13H19N3O3S/c1-2-15-6-3-4-10(15)8-16-7-5-11(17)14-13(16)20-9-12(18)19/h5,7,10H,2-4,6,8-9H2,1H3,(H,18,19). The van der Waals surface area contributed by atoms with Gasteiger partial charge in [-0.25, -0.2) is 0 Å². The Morgan fingerprint density at radius 1 is 1.60 bits per heavy atom. The minimum atomic E-state index is -0.907. The Balaban J connectivity index is 2.13. The van der Waals surface area contributed by atoms with Gasteiger partial charge in [0, 0.05) is 24.8 Å². The first kappa shape index (κ1) is 15.1. The van der Waals surface area contributed by atoms with E-state index in [2.05, 4.69) is 16.8 Å². The van der Waals surface area contributed by atoms with Crippen molar-refractivity contribution in [3.63, 3.8) is 0 Å². The van der Waals surface area contributed by atoms with E-state index in [1.165, 1.54) is 12.5 Å². The quantitative estimate of drug-likeness (QED) is 0.621. The van der Waals surface area contributed by atoms with Crippen LogP contribution < -0.4 is 5.56 Å². The van der Waals surface area contributed by atoms with E-state index < -0.39 is 5.97 Å². The van der Waals surface area contributed by atoms with Crippen molar-refractivity contribution in [2.24, 2.45) is 0 Å². The second-order valence-corrected chi connectivity index (χ2v) is 5.75. The van der Waals surface area contributed by atoms with Crippen LogP contribution in [0.2, 0.25) is 0 Å². The number of carboxylic acid groups (broad SMARTS) is 1. The van der Waals surface area contributed by atoms with Gasteiger partial charge in [-0.3, -0.25) is 14.5 Å². The van der Waals surface area contributed by atoms with Crippen LogP contribution in [-0.2, 0) is 11.3 Å². The van der Waals surface area contributed by atoms with Crippen LogP contribution in [0.3, 0.4) is 0 Å². The van der Waals surface area contributed by atoms with E-state index in [1.54, 1.807) is 6.20 Å². The lowest BCUT2D eigenvalue weighted by molar-refractivity contribution is -0.133. The summed E-state index contributed by atoms with van der Waals surface area (Å²) in [5.74, 6) is -0.991. The first-order valence-electron chi connectivity index (χ1n) is 6.76. The summed E-state index contributed by atoms with van der Waals surface area (Å²) in [4.78, 5) is 28.3. The highest BCUT2D eigenvalue weighted by atomic mass is 32.2. The molecular weight excluding hydrogens is 278 g/mol. The molecule has 7 heteroatoms. The fraction of sp³-hybridized carbons (Fsp3) is 0.615. The summed E-state index contributed by atoms with van der Waals surface area (Å²) in [6.45, 7) is 5.01. The largest absolute Gasteiger partial charge is 0.481 e. The molecule has 0 aliphatic carbocycles. The molecule has 1 N–H and O–H groups in total. The van der Waals surface area contributed by atoms with E-state index >= 15 is 0 Å². The molecule has 1 saturated heterocycles. The van der Waals surface area contributed by atoms with Gasteiger partial charge in [0.25, 0.3) is 5.56 Å². The van der Waals surface area contributed by atoms with Crippen molar-refractivity contribution in [1.29, 1.82) is 0 Å². The van der Waals surface area contributed by atoms with E-state index in [0.717, 1.165) is 37.8 Å². The number of aliphatic carboxylic acids is 1. The molecule has 1 aliphatic rings. The third-order valence-electron chi connectivity index (χ3n) is 3.49. The molecule has 1 aromatic rings. The van der Waals surface area contributed by atoms with Crippen LogP contribution in [-0.4, -0.2) is 50.4 Å². The van der Waals surface area contributed by atoms with E-state index in [9.17, 15) is 9.59 Å². The molecule has 0 amide bonds. The predicted octanol–water partition coefficient (Wildman–Crippen LogP) is 0.904. The lowest BCUT2D eigenvalue weighted by Crippen LogP contribution is -2.33. The zero-order valence-corrected chi connectivity index (χ0v) is 12.3. The number of hydrogen-bond acceptors (Lipinski definition) is 5. The summed E-state index contributed by atoms with van der Waals surface area (Å²) < 4.78 is 1.90. The minimum absolute atomic E-state index is 0.0847. The number of carbonyl (C=O) groups is 1. The molecule has 1 atom stereocenters. The number of carboxylic acids is 1. The highest BCUT2D eigenvalue weighted by molar-refractivity contribution is 7.99. The zero-order valence-electron chi connectivity index (χ0n) is 11.5. The van der Waals surface area contributed by atoms with E-state index in [4.69, 9.17) is 5.11 Å². The number of likely N-dealkylation sites (tertiary alicyclic amines) is 1. The summed E-state index contributed by atoms with van der Waals surface area (Å²) in [5, 5.41) is 9.24. The van der Waals surface area contributed by atoms with Gasteiger partial charge in [0.1, 0.15) is 0 Å². The maximum Gasteiger partial charge on any atom is 0.313 e. The average molecular weight is 297 g/mol. The van der Waals surface area contributed by atoms with Crippen LogP contribution in [0.15, 0.2) is 22.2 Å². The van der Waals surface area contributed by atoms with Crippen molar-refractivity contribution >= 4 is 17.7 Å². The van der Waals surface area contributed by atoms with Gasteiger partial charge >= 0.3 is 5.97 Å². The number of hydrogen-bond donors (Lipinski definition) is 1. The summed E-state index contributed by atoms with van der Waals surface area (Å²) in [7, 11) is 0. The maximum absolute atomic E-state index is 11.3. The van der Waals surface area contributed by atoms with Crippen LogP contribution in [0.4, 0.5) is 0 Å². The van der Waals surface area contributed by atoms with Crippen molar-refractivity contribution < 1.29 is 9.90 Å². The Bertz CT molecular complexity index is 532. The Kier molecular flexibility index (Phi) is 5.19. The highest BCUT2D eigenvalue weighted by Gasteiger charge is 2.23. The van der Waals surface area contributed by atoms with Gasteiger partial charge in [-0.2, -0.15) is 4.98 Å². The number of nitrogens with zero attached hydrogens (tertiary/aromatic N) is 3. The van der Waals surface area contributed by atoms with Gasteiger partial charge in [-0.05, 0) is 25.9 Å². The van der Waals surface area contributed by atoms with Crippen molar-refractivity contribution in [2.75, 3.05) is 18.8 Å². The molecule has 0 radical (unpaired) electrons. The topological polar surface area (TPSA) is 75.4 Å². The smallest absolute Gasteiger partial charge is 0.313 e. The summed E-state index contributed by atoms with van der Waals surface area (Å²) in [6, 6.07) is 1.87. The number of rotatable bonds is 6. The molecule has 1 aromatic heterocycles. The van der Waals surface area contributed by atoms with Crippen LogP contribution in [0.5, 0.6) is 0 Å². The number of likely N-dealkylation sites (N-methyl/N-ethyl adjacent to an activating group) is 1. The van der Waals surface area contributed by atoms with Crippen LogP contribution in [0.25, 0.3) is 0 Å². The van der Waals surface area contributed by atoms with Crippen molar-refractivity contribution in [3.8, 4) is 0 Å². The van der Waals surface area contributed by atoms with E-state index in [0.29, 0.717) is 11.2 Å². The van der Waals surface area contributed by atoms with Gasteiger partial charge in [-0.1, -0.05) is 18.7 Å². The Morgan fingerprint density at radius 2 is 2.40 bits per heavy atom. The van der Waals surface area contributed by atoms with Crippen LogP contribution in [0, 0.1) is 0 Å². The van der Waals surface area contributed by atoms with Gasteiger partial charge in [0.15, 0.2) is 5.16 Å². The average Bonchev–Trinajstić information content (AvgIpc) is 2.86. The van der Waals surface area contributed by atoms with Gasteiger partial charge in [0.2, 0.25) is 0 Å². The highest BCUT2D eigenvalue weighted by Crippen LogP contribution is 2.21. The minimum Gasteiger partial charge on any atom is -0.481 e. The van der Waals surface area contributed by atoms with Crippen molar-refractivity contribution in [3.05, 3.63) is 22.6 Å². The number of thioether (sulfide) groups is 1. The van der Waals surface area contributed by atoms with E-state index in [1.807, 2.05) is 4.57 Å². The van der Waals surface area contributed by atoms with Gasteiger partial charge in [0.05, 0.1) is 5.75 Å². The Morgan fingerprint density at radius 3 is 3.10 bits per heavy atom. The van der Waals surface area contributed by atoms with Crippen molar-refractivity contribution in [1.82, 2.24) is 14.5 Å². The Labute approximate surface area is 121 Å². The summed E-state index contributed by atoms with van der Waals surface area (Å²) in [6.07, 6.45) is 4.03. The molecule has 2 rings (SSSR count). The van der Waals surface area contributed by atoms with Gasteiger partial charge < -0.3 is 9.67 Å². The SMILES string of the molecule is CCN1CCCC1Cn1ccc(=O)nc1SCC(=O)O. The van der Waals surface area contributed by atoms with Crippen LogP contribution >= 0.6 is 11.8 Å². The predicted molar refractivity (Wildman–Crippen MR) is 77.1 cm³/mol. The second kappa shape index (κ2) is 6.90. The molecule has 0 saturated carbocycles. The first-order chi connectivity index (χ1) is 9.60. The molecule has 1 aliphatic heterocycles. The maximum atomic E-state index is 11.3. The molecule has 0 aromatic carbocycles. The fourth-order valence-electron chi connectivity index (χ4n) is 2.54. The molecule has 6 nitrogen and oxygen atoms in total. The van der Waals surface area contributed by atoms with Gasteiger partial charge in [-0.15, -0.1) is 0 Å². The molecule has 0 bridgehead atoms. The molecule has 0 spiro atoms. The summed E-state index contributed by atoms with van der Waals surface area (Å²) in [5.41, 5.74) is -0.326. The Hall–Kier alpha value is -1.34. The number of aromatic nitrogens is 2.